The lowest BCUT2D eigenvalue weighted by Crippen LogP contribution is -2.48. The molecule has 3 aliphatic rings. The van der Waals surface area contributed by atoms with Gasteiger partial charge in [0.25, 0.3) is 0 Å². The Morgan fingerprint density at radius 1 is 1.30 bits per heavy atom. The molecule has 0 aromatic carbocycles. The number of nitrogens with one attached hydrogen (secondary N) is 1. The van der Waals surface area contributed by atoms with Crippen LogP contribution >= 0.6 is 0 Å². The molecule has 27 heavy (non-hydrogen) atoms. The molecule has 1 saturated carbocycles. The first kappa shape index (κ1) is 18.5. The third-order valence-electron chi connectivity index (χ3n) is 6.08. The second-order valence-corrected chi connectivity index (χ2v) is 10.3. The zero-order valence-electron chi connectivity index (χ0n) is 15.5. The van der Waals surface area contributed by atoms with E-state index in [1.54, 1.807) is 11.2 Å². The summed E-state index contributed by atoms with van der Waals surface area (Å²) in [6.07, 6.45) is 5.26. The molecule has 2 fully saturated rings. The monoisotopic (exact) mass is 394 g/mol. The predicted octanol–water partition coefficient (Wildman–Crippen LogP) is 1.13. The second kappa shape index (κ2) is 6.96. The summed E-state index contributed by atoms with van der Waals surface area (Å²) in [5.74, 6) is -0.218. The van der Waals surface area contributed by atoms with E-state index in [4.69, 9.17) is 4.42 Å². The highest BCUT2D eigenvalue weighted by Crippen LogP contribution is 2.37. The van der Waals surface area contributed by atoms with Gasteiger partial charge >= 0.3 is 0 Å². The number of rotatable bonds is 4. The molecule has 1 aliphatic carbocycles. The van der Waals surface area contributed by atoms with Crippen LogP contribution in [0.15, 0.2) is 16.7 Å². The quantitative estimate of drug-likeness (QED) is 0.826. The molecule has 0 radical (unpaired) electrons. The predicted molar refractivity (Wildman–Crippen MR) is 98.4 cm³/mol. The van der Waals surface area contributed by atoms with Gasteiger partial charge in [0.1, 0.15) is 5.76 Å². The number of furan rings is 1. The van der Waals surface area contributed by atoms with Gasteiger partial charge in [0.2, 0.25) is 11.8 Å². The van der Waals surface area contributed by atoms with E-state index in [1.807, 2.05) is 13.0 Å². The van der Waals surface area contributed by atoms with Crippen LogP contribution in [0.2, 0.25) is 0 Å². The van der Waals surface area contributed by atoms with Crippen molar-refractivity contribution < 1.29 is 22.4 Å². The lowest BCUT2D eigenvalue weighted by atomic mass is 9.99. The molecule has 0 spiro atoms. The van der Waals surface area contributed by atoms with Crippen molar-refractivity contribution in [2.75, 3.05) is 18.1 Å². The Balaban J connectivity index is 1.49. The van der Waals surface area contributed by atoms with E-state index in [-0.39, 0.29) is 29.2 Å². The molecule has 3 atom stereocenters. The van der Waals surface area contributed by atoms with Gasteiger partial charge in [-0.25, -0.2) is 8.42 Å². The van der Waals surface area contributed by atoms with Gasteiger partial charge in [-0.2, -0.15) is 0 Å². The summed E-state index contributed by atoms with van der Waals surface area (Å²) in [7, 11) is -3.34. The highest BCUT2D eigenvalue weighted by molar-refractivity contribution is 7.91. The maximum absolute atomic E-state index is 13.2. The number of fused-ring (bicyclic) bond motifs is 1. The SMILES string of the molecule is CC(C(=O)N[C@@H]1CS(=O)(=O)C[C@H]1C(=O)N1CCCc2occc2C1)C1CC1. The second-order valence-electron chi connectivity index (χ2n) is 8.16. The van der Waals surface area contributed by atoms with Crippen molar-refractivity contribution in [1.29, 1.82) is 0 Å². The van der Waals surface area contributed by atoms with Crippen molar-refractivity contribution in [1.82, 2.24) is 10.2 Å². The Morgan fingerprint density at radius 2 is 2.07 bits per heavy atom. The average molecular weight is 394 g/mol. The van der Waals surface area contributed by atoms with Crippen LogP contribution < -0.4 is 5.32 Å². The fourth-order valence-corrected chi connectivity index (χ4v) is 6.14. The number of sulfone groups is 1. The van der Waals surface area contributed by atoms with E-state index in [0.717, 1.165) is 37.0 Å². The highest BCUT2D eigenvalue weighted by Gasteiger charge is 2.45. The van der Waals surface area contributed by atoms with Crippen molar-refractivity contribution in [2.45, 2.75) is 45.2 Å². The number of hydrogen-bond donors (Lipinski definition) is 1. The van der Waals surface area contributed by atoms with E-state index in [1.165, 1.54) is 0 Å². The molecule has 148 valence electrons. The van der Waals surface area contributed by atoms with E-state index in [2.05, 4.69) is 5.32 Å². The minimum Gasteiger partial charge on any atom is -0.469 e. The third-order valence-corrected chi connectivity index (χ3v) is 7.82. The van der Waals surface area contributed by atoms with Crippen LogP contribution in [0.3, 0.4) is 0 Å². The molecule has 8 heteroatoms. The van der Waals surface area contributed by atoms with Gasteiger partial charge in [-0.05, 0) is 31.2 Å². The molecule has 7 nitrogen and oxygen atoms in total. The molecular formula is C19H26N2O5S. The van der Waals surface area contributed by atoms with Gasteiger partial charge in [-0.3, -0.25) is 9.59 Å². The molecule has 2 aliphatic heterocycles. The number of aryl methyl sites for hydroxylation is 1. The zero-order chi connectivity index (χ0) is 19.2. The van der Waals surface area contributed by atoms with Crippen LogP contribution in [0.5, 0.6) is 0 Å². The minimum absolute atomic E-state index is 0.129. The first-order chi connectivity index (χ1) is 12.8. The van der Waals surface area contributed by atoms with Crippen LogP contribution in [-0.4, -0.2) is 49.2 Å². The number of nitrogens with zero attached hydrogens (tertiary/aromatic N) is 1. The van der Waals surface area contributed by atoms with Gasteiger partial charge in [0.05, 0.1) is 29.7 Å². The molecule has 1 aromatic heterocycles. The number of hydrogen-bond acceptors (Lipinski definition) is 5. The van der Waals surface area contributed by atoms with E-state index in [9.17, 15) is 18.0 Å². The van der Waals surface area contributed by atoms with E-state index in [0.29, 0.717) is 19.0 Å². The summed E-state index contributed by atoms with van der Waals surface area (Å²) in [6, 6.07) is 1.23. The Kier molecular flexibility index (Phi) is 4.78. The van der Waals surface area contributed by atoms with Crippen molar-refractivity contribution in [3.8, 4) is 0 Å². The summed E-state index contributed by atoms with van der Waals surface area (Å²) in [4.78, 5) is 27.4. The fraction of sp³-hybridized carbons (Fsp3) is 0.684. The van der Waals surface area contributed by atoms with Gasteiger partial charge in [0.15, 0.2) is 9.84 Å². The Hall–Kier alpha value is -1.83. The van der Waals surface area contributed by atoms with E-state index < -0.39 is 21.8 Å². The summed E-state index contributed by atoms with van der Waals surface area (Å²) in [5, 5.41) is 2.87. The molecule has 0 bridgehead atoms. The van der Waals surface area contributed by atoms with Crippen molar-refractivity contribution >= 4 is 21.7 Å². The maximum Gasteiger partial charge on any atom is 0.229 e. The summed E-state index contributed by atoms with van der Waals surface area (Å²) < 4.78 is 29.9. The Labute approximate surface area is 159 Å². The van der Waals surface area contributed by atoms with E-state index >= 15 is 0 Å². The summed E-state index contributed by atoms with van der Waals surface area (Å²) in [6.45, 7) is 2.88. The van der Waals surface area contributed by atoms with Gasteiger partial charge in [-0.1, -0.05) is 6.92 Å². The normalized spacial score (nSPS) is 28.3. The molecule has 1 saturated heterocycles. The Bertz CT molecular complexity index is 842. The molecule has 3 heterocycles. The van der Waals surface area contributed by atoms with Crippen LogP contribution in [0, 0.1) is 17.8 Å². The first-order valence-corrected chi connectivity index (χ1v) is 11.5. The topological polar surface area (TPSA) is 96.7 Å². The first-order valence-electron chi connectivity index (χ1n) is 9.69. The Morgan fingerprint density at radius 3 is 2.81 bits per heavy atom. The average Bonchev–Trinajstić information content (AvgIpc) is 3.35. The summed E-state index contributed by atoms with van der Waals surface area (Å²) >= 11 is 0. The zero-order valence-corrected chi connectivity index (χ0v) is 16.3. The molecule has 1 aromatic rings. The van der Waals surface area contributed by atoms with Gasteiger partial charge in [-0.15, -0.1) is 0 Å². The maximum atomic E-state index is 13.2. The lowest BCUT2D eigenvalue weighted by Gasteiger charge is -2.27. The van der Waals surface area contributed by atoms with Crippen LogP contribution in [-0.2, 0) is 32.4 Å². The lowest BCUT2D eigenvalue weighted by molar-refractivity contribution is -0.136. The van der Waals surface area contributed by atoms with Crippen molar-refractivity contribution in [3.63, 3.8) is 0 Å². The van der Waals surface area contributed by atoms with Gasteiger partial charge in [0, 0.05) is 31.0 Å². The van der Waals surface area contributed by atoms with Crippen molar-refractivity contribution in [2.24, 2.45) is 17.8 Å². The molecule has 1 N–H and O–H groups in total. The molecular weight excluding hydrogens is 368 g/mol. The van der Waals surface area contributed by atoms with Crippen LogP contribution in [0.1, 0.15) is 37.5 Å². The standard InChI is InChI=1S/C19H26N2O5S/c1-12(13-4-5-13)18(22)20-16-11-27(24,25)10-15(16)19(23)21-7-2-3-17-14(9-21)6-8-26-17/h6,8,12-13,15-16H,2-5,7,9-11H2,1H3,(H,20,22)/t12?,15-,16-/m1/s1. The number of amides is 2. The minimum atomic E-state index is -3.34. The van der Waals surface area contributed by atoms with Gasteiger partial charge < -0.3 is 14.6 Å². The molecule has 2 amide bonds. The fourth-order valence-electron chi connectivity index (χ4n) is 4.22. The molecule has 1 unspecified atom stereocenters. The van der Waals surface area contributed by atoms with Crippen molar-refractivity contribution in [3.05, 3.63) is 23.7 Å². The van der Waals surface area contributed by atoms with Crippen LogP contribution in [0.25, 0.3) is 0 Å². The number of carbonyl (C=O) groups is 2. The van der Waals surface area contributed by atoms with Crippen LogP contribution in [0.4, 0.5) is 0 Å². The molecule has 4 rings (SSSR count). The largest absolute Gasteiger partial charge is 0.469 e. The highest BCUT2D eigenvalue weighted by atomic mass is 32.2. The summed E-state index contributed by atoms with van der Waals surface area (Å²) in [5.41, 5.74) is 0.977. The smallest absolute Gasteiger partial charge is 0.229 e. The third kappa shape index (κ3) is 3.90. The number of carbonyl (C=O) groups excluding carboxylic acids is 2.